The van der Waals surface area contributed by atoms with E-state index in [1.807, 2.05) is 32.0 Å². The van der Waals surface area contributed by atoms with Crippen LogP contribution in [0.5, 0.6) is 0 Å². The molecule has 11 heteroatoms. The SMILES string of the molecule is Cc1ccccc1C(=O)N[C@H](C)c1nnc(SCC(=O)Nc2cc(Cl)c(Cl)cc2Cl)n1C. The lowest BCUT2D eigenvalue weighted by Gasteiger charge is -2.14. The monoisotopic (exact) mass is 511 g/mol. The topological polar surface area (TPSA) is 88.9 Å². The van der Waals surface area contributed by atoms with Gasteiger partial charge in [-0.15, -0.1) is 10.2 Å². The van der Waals surface area contributed by atoms with Crippen molar-refractivity contribution in [1.29, 1.82) is 0 Å². The first kappa shape index (κ1) is 24.4. The van der Waals surface area contributed by atoms with Gasteiger partial charge in [0.1, 0.15) is 0 Å². The number of carbonyl (C=O) groups excluding carboxylic acids is 2. The summed E-state index contributed by atoms with van der Waals surface area (Å²) in [5, 5.41) is 15.4. The number of rotatable bonds is 7. The molecule has 3 aromatic rings. The molecule has 0 unspecified atom stereocenters. The summed E-state index contributed by atoms with van der Waals surface area (Å²) in [4.78, 5) is 24.9. The second-order valence-electron chi connectivity index (χ2n) is 6.99. The normalized spacial score (nSPS) is 11.8. The zero-order valence-corrected chi connectivity index (χ0v) is 20.5. The Morgan fingerprint density at radius 1 is 1.09 bits per heavy atom. The van der Waals surface area contributed by atoms with E-state index in [9.17, 15) is 9.59 Å². The highest BCUT2D eigenvalue weighted by Crippen LogP contribution is 2.32. The molecular formula is C21H20Cl3N5O2S. The summed E-state index contributed by atoms with van der Waals surface area (Å²) in [5.41, 5.74) is 1.87. The molecule has 1 atom stereocenters. The molecule has 2 amide bonds. The van der Waals surface area contributed by atoms with Crippen LogP contribution in [0.3, 0.4) is 0 Å². The number of anilines is 1. The number of nitrogens with one attached hydrogen (secondary N) is 2. The van der Waals surface area contributed by atoms with Crippen LogP contribution in [0.4, 0.5) is 5.69 Å². The van der Waals surface area contributed by atoms with Crippen molar-refractivity contribution in [3.05, 3.63) is 68.4 Å². The fourth-order valence-electron chi connectivity index (χ4n) is 2.93. The molecule has 0 aliphatic heterocycles. The van der Waals surface area contributed by atoms with Crippen LogP contribution in [0, 0.1) is 6.92 Å². The van der Waals surface area contributed by atoms with Crippen LogP contribution in [0.2, 0.25) is 15.1 Å². The molecule has 7 nitrogen and oxygen atoms in total. The quantitative estimate of drug-likeness (QED) is 0.331. The van der Waals surface area contributed by atoms with Crippen molar-refractivity contribution in [2.24, 2.45) is 7.05 Å². The van der Waals surface area contributed by atoms with Crippen molar-refractivity contribution >= 4 is 64.1 Å². The second-order valence-corrected chi connectivity index (χ2v) is 9.16. The summed E-state index contributed by atoms with van der Waals surface area (Å²) >= 11 is 19.2. The molecule has 0 radical (unpaired) electrons. The summed E-state index contributed by atoms with van der Waals surface area (Å²) in [6.07, 6.45) is 0. The molecule has 0 fully saturated rings. The largest absolute Gasteiger partial charge is 0.342 e. The van der Waals surface area contributed by atoms with Crippen LogP contribution in [0.1, 0.15) is 34.7 Å². The second kappa shape index (κ2) is 10.6. The minimum absolute atomic E-state index is 0.0759. The molecule has 0 bridgehead atoms. The summed E-state index contributed by atoms with van der Waals surface area (Å²) < 4.78 is 1.74. The molecule has 1 heterocycles. The Hall–Kier alpha value is -2.26. The Balaban J connectivity index is 1.61. The van der Waals surface area contributed by atoms with Crippen molar-refractivity contribution < 1.29 is 9.59 Å². The molecule has 0 saturated heterocycles. The van der Waals surface area contributed by atoms with Crippen molar-refractivity contribution in [1.82, 2.24) is 20.1 Å². The lowest BCUT2D eigenvalue weighted by molar-refractivity contribution is -0.113. The molecule has 2 aromatic carbocycles. The molecular weight excluding hydrogens is 493 g/mol. The van der Waals surface area contributed by atoms with Gasteiger partial charge in [-0.1, -0.05) is 64.8 Å². The molecule has 0 saturated carbocycles. The third kappa shape index (κ3) is 5.75. The van der Waals surface area contributed by atoms with Gasteiger partial charge in [0, 0.05) is 12.6 Å². The van der Waals surface area contributed by atoms with Crippen LogP contribution in [-0.2, 0) is 11.8 Å². The van der Waals surface area contributed by atoms with Gasteiger partial charge in [-0.3, -0.25) is 9.59 Å². The smallest absolute Gasteiger partial charge is 0.252 e. The van der Waals surface area contributed by atoms with E-state index in [1.54, 1.807) is 17.7 Å². The first-order valence-corrected chi connectivity index (χ1v) is 11.6. The molecule has 0 aliphatic carbocycles. The van der Waals surface area contributed by atoms with E-state index < -0.39 is 0 Å². The van der Waals surface area contributed by atoms with Gasteiger partial charge < -0.3 is 15.2 Å². The van der Waals surface area contributed by atoms with Crippen LogP contribution in [0.25, 0.3) is 0 Å². The summed E-state index contributed by atoms with van der Waals surface area (Å²) in [7, 11) is 1.78. The number of aromatic nitrogens is 3. The number of amides is 2. The number of carbonyl (C=O) groups is 2. The predicted octanol–water partition coefficient (Wildman–Crippen LogP) is 5.31. The van der Waals surface area contributed by atoms with E-state index in [4.69, 9.17) is 34.8 Å². The first-order chi connectivity index (χ1) is 15.2. The number of thioether (sulfide) groups is 1. The minimum Gasteiger partial charge on any atom is -0.342 e. The van der Waals surface area contributed by atoms with E-state index >= 15 is 0 Å². The maximum Gasteiger partial charge on any atom is 0.252 e. The zero-order valence-electron chi connectivity index (χ0n) is 17.4. The van der Waals surface area contributed by atoms with E-state index in [1.165, 1.54) is 23.9 Å². The van der Waals surface area contributed by atoms with E-state index in [0.717, 1.165) is 5.56 Å². The molecule has 0 spiro atoms. The van der Waals surface area contributed by atoms with Gasteiger partial charge in [0.05, 0.1) is 32.5 Å². The maximum absolute atomic E-state index is 12.6. The van der Waals surface area contributed by atoms with Crippen molar-refractivity contribution in [3.8, 4) is 0 Å². The number of hydrogen-bond acceptors (Lipinski definition) is 5. The van der Waals surface area contributed by atoms with E-state index in [-0.39, 0.29) is 28.6 Å². The summed E-state index contributed by atoms with van der Waals surface area (Å²) in [6, 6.07) is 9.94. The van der Waals surface area contributed by atoms with Gasteiger partial charge in [-0.25, -0.2) is 0 Å². The van der Waals surface area contributed by atoms with Gasteiger partial charge in [-0.2, -0.15) is 0 Å². The van der Waals surface area contributed by atoms with Gasteiger partial charge in [-0.05, 0) is 37.6 Å². The van der Waals surface area contributed by atoms with E-state index in [0.29, 0.717) is 32.3 Å². The standard InChI is InChI=1S/C21H20Cl3N5O2S/c1-11-6-4-5-7-13(11)20(31)25-12(2)19-27-28-21(29(19)3)32-10-18(30)26-17-9-15(23)14(22)8-16(17)24/h4-9,12H,10H2,1-3H3,(H,25,31)(H,26,30)/t12-/m1/s1. The fourth-order valence-corrected chi connectivity index (χ4v) is 4.24. The van der Waals surface area contributed by atoms with Crippen LogP contribution < -0.4 is 10.6 Å². The summed E-state index contributed by atoms with van der Waals surface area (Å²) in [6.45, 7) is 3.71. The lowest BCUT2D eigenvalue weighted by atomic mass is 10.1. The molecule has 2 N–H and O–H groups in total. The minimum atomic E-state index is -0.377. The highest BCUT2D eigenvalue weighted by Gasteiger charge is 2.20. The number of benzene rings is 2. The highest BCUT2D eigenvalue weighted by molar-refractivity contribution is 7.99. The number of nitrogens with zero attached hydrogens (tertiary/aromatic N) is 3. The Morgan fingerprint density at radius 3 is 2.50 bits per heavy atom. The van der Waals surface area contributed by atoms with Gasteiger partial charge in [0.15, 0.2) is 11.0 Å². The first-order valence-electron chi connectivity index (χ1n) is 9.50. The highest BCUT2D eigenvalue weighted by atomic mass is 35.5. The number of hydrogen-bond donors (Lipinski definition) is 2. The fraction of sp³-hybridized carbons (Fsp3) is 0.238. The van der Waals surface area contributed by atoms with Crippen molar-refractivity contribution in [2.75, 3.05) is 11.1 Å². The van der Waals surface area contributed by atoms with Crippen LogP contribution in [-0.4, -0.2) is 32.3 Å². The lowest BCUT2D eigenvalue weighted by Crippen LogP contribution is -2.29. The maximum atomic E-state index is 12.6. The Morgan fingerprint density at radius 2 is 1.78 bits per heavy atom. The van der Waals surface area contributed by atoms with Crippen LogP contribution >= 0.6 is 46.6 Å². The Kier molecular flexibility index (Phi) is 8.05. The molecule has 1 aromatic heterocycles. The van der Waals surface area contributed by atoms with Crippen molar-refractivity contribution in [3.63, 3.8) is 0 Å². The van der Waals surface area contributed by atoms with Gasteiger partial charge >= 0.3 is 0 Å². The summed E-state index contributed by atoms with van der Waals surface area (Å²) in [5.74, 6) is 0.167. The van der Waals surface area contributed by atoms with E-state index in [2.05, 4.69) is 20.8 Å². The number of aryl methyl sites for hydroxylation is 1. The number of halogens is 3. The van der Waals surface area contributed by atoms with Gasteiger partial charge in [0.25, 0.3) is 5.91 Å². The third-order valence-electron chi connectivity index (χ3n) is 4.61. The molecule has 3 rings (SSSR count). The molecule has 168 valence electrons. The third-order valence-corrected chi connectivity index (χ3v) is 6.66. The van der Waals surface area contributed by atoms with Crippen LogP contribution in [0.15, 0.2) is 41.6 Å². The average Bonchev–Trinajstić information content (AvgIpc) is 3.11. The molecule has 0 aliphatic rings. The average molecular weight is 513 g/mol. The molecule has 32 heavy (non-hydrogen) atoms. The Labute approximate surface area is 204 Å². The Bertz CT molecular complexity index is 1170. The van der Waals surface area contributed by atoms with Gasteiger partial charge in [0.2, 0.25) is 5.91 Å². The zero-order chi connectivity index (χ0) is 23.4. The van der Waals surface area contributed by atoms with Crippen molar-refractivity contribution in [2.45, 2.75) is 25.0 Å². The predicted molar refractivity (Wildman–Crippen MR) is 129 cm³/mol.